The molecule has 1 fully saturated rings. The molecule has 0 spiro atoms. The maximum Gasteiger partial charge on any atom is 0.203 e. The Morgan fingerprint density at radius 2 is 2.31 bits per heavy atom. The average molecular weight is 199 g/mol. The third kappa shape index (κ3) is 1.97. The van der Waals surface area contributed by atoms with Crippen LogP contribution in [0.3, 0.4) is 0 Å². The van der Waals surface area contributed by atoms with E-state index in [1.807, 2.05) is 0 Å². The van der Waals surface area contributed by atoms with E-state index >= 15 is 0 Å². The molecule has 1 aromatic rings. The Labute approximate surface area is 81.1 Å². The van der Waals surface area contributed by atoms with Crippen molar-refractivity contribution in [3.63, 3.8) is 0 Å². The molecule has 2 rings (SSSR count). The van der Waals surface area contributed by atoms with Gasteiger partial charge in [-0.15, -0.1) is 10.2 Å². The van der Waals surface area contributed by atoms with E-state index in [0.29, 0.717) is 11.2 Å². The fraction of sp³-hybridized carbons (Fsp3) is 0.750. The van der Waals surface area contributed by atoms with Crippen LogP contribution in [0.25, 0.3) is 0 Å². The summed E-state index contributed by atoms with van der Waals surface area (Å²) in [4.78, 5) is 0. The highest BCUT2D eigenvalue weighted by atomic mass is 32.1. The summed E-state index contributed by atoms with van der Waals surface area (Å²) in [5.74, 6) is 0. The average Bonchev–Trinajstić information content (AvgIpc) is 2.70. The molecule has 1 aromatic heterocycles. The van der Waals surface area contributed by atoms with Gasteiger partial charge in [-0.05, 0) is 6.42 Å². The van der Waals surface area contributed by atoms with Crippen LogP contribution < -0.4 is 5.73 Å². The van der Waals surface area contributed by atoms with Gasteiger partial charge in [0.1, 0.15) is 5.01 Å². The number of nitrogen functional groups attached to an aromatic ring is 1. The van der Waals surface area contributed by atoms with Gasteiger partial charge in [-0.2, -0.15) is 0 Å². The Hall–Kier alpha value is -0.680. The van der Waals surface area contributed by atoms with Crippen LogP contribution in [0.4, 0.5) is 5.13 Å². The van der Waals surface area contributed by atoms with Crippen molar-refractivity contribution in [2.24, 2.45) is 0 Å². The van der Waals surface area contributed by atoms with Crippen LogP contribution in [0.15, 0.2) is 0 Å². The Morgan fingerprint density at radius 3 is 2.77 bits per heavy atom. The van der Waals surface area contributed by atoms with Crippen LogP contribution in [0.2, 0.25) is 0 Å². The van der Waals surface area contributed by atoms with Gasteiger partial charge in [-0.1, -0.05) is 25.2 Å². The normalized spacial score (nSPS) is 21.8. The van der Waals surface area contributed by atoms with E-state index in [2.05, 4.69) is 24.0 Å². The van der Waals surface area contributed by atoms with E-state index in [0.717, 1.165) is 18.0 Å². The van der Waals surface area contributed by atoms with Crippen molar-refractivity contribution in [2.45, 2.75) is 31.8 Å². The number of nitrogens with zero attached hydrogens (tertiary/aromatic N) is 2. The third-order valence-corrected chi connectivity index (χ3v) is 3.28. The van der Waals surface area contributed by atoms with Gasteiger partial charge in [0, 0.05) is 5.41 Å². The van der Waals surface area contributed by atoms with Gasteiger partial charge in [0.25, 0.3) is 0 Å². The van der Waals surface area contributed by atoms with Crippen molar-refractivity contribution in [1.29, 1.82) is 0 Å². The molecule has 5 heteroatoms. The van der Waals surface area contributed by atoms with Gasteiger partial charge in [-0.3, -0.25) is 0 Å². The number of rotatable bonds is 3. The minimum atomic E-state index is 0.0381. The van der Waals surface area contributed by atoms with Crippen LogP contribution in [-0.4, -0.2) is 22.9 Å². The lowest BCUT2D eigenvalue weighted by atomic mass is 9.89. The molecule has 1 atom stereocenters. The van der Waals surface area contributed by atoms with Gasteiger partial charge in [0.05, 0.1) is 12.7 Å². The molecule has 0 aliphatic carbocycles. The first kappa shape index (κ1) is 8.90. The molecular formula is C8H13N3OS. The molecular weight excluding hydrogens is 186 g/mol. The predicted molar refractivity (Wildman–Crippen MR) is 51.7 cm³/mol. The van der Waals surface area contributed by atoms with E-state index in [1.165, 1.54) is 11.3 Å². The van der Waals surface area contributed by atoms with Crippen LogP contribution in [0, 0.1) is 0 Å². The van der Waals surface area contributed by atoms with Crippen molar-refractivity contribution in [3.05, 3.63) is 5.01 Å². The molecule has 0 radical (unpaired) electrons. The van der Waals surface area contributed by atoms with Gasteiger partial charge < -0.3 is 10.5 Å². The zero-order valence-corrected chi connectivity index (χ0v) is 8.60. The Kier molecular flexibility index (Phi) is 2.00. The zero-order chi connectivity index (χ0) is 9.47. The first-order chi connectivity index (χ1) is 6.08. The second kappa shape index (κ2) is 2.92. The zero-order valence-electron chi connectivity index (χ0n) is 7.78. The molecule has 0 bridgehead atoms. The van der Waals surface area contributed by atoms with E-state index < -0.39 is 0 Å². The fourth-order valence-corrected chi connectivity index (χ4v) is 2.07. The van der Waals surface area contributed by atoms with Crippen LogP contribution in [-0.2, 0) is 10.2 Å². The van der Waals surface area contributed by atoms with E-state index in [-0.39, 0.29) is 5.41 Å². The monoisotopic (exact) mass is 199 g/mol. The predicted octanol–water partition coefficient (Wildman–Crippen LogP) is 1.19. The number of epoxide rings is 1. The number of aromatic nitrogens is 2. The topological polar surface area (TPSA) is 64.3 Å². The number of hydrogen-bond donors (Lipinski definition) is 1. The van der Waals surface area contributed by atoms with Crippen molar-refractivity contribution >= 4 is 16.5 Å². The smallest absolute Gasteiger partial charge is 0.203 e. The highest BCUT2D eigenvalue weighted by Gasteiger charge is 2.34. The Balaban J connectivity index is 2.12. The first-order valence-electron chi connectivity index (χ1n) is 4.29. The lowest BCUT2D eigenvalue weighted by molar-refractivity contribution is 0.344. The molecule has 1 aliphatic rings. The summed E-state index contributed by atoms with van der Waals surface area (Å²) in [5.41, 5.74) is 5.57. The van der Waals surface area contributed by atoms with Crippen LogP contribution in [0.5, 0.6) is 0 Å². The SMILES string of the molecule is CC(C)(CC1CO1)c1nnc(N)s1. The molecule has 4 nitrogen and oxygen atoms in total. The molecule has 1 unspecified atom stereocenters. The third-order valence-electron chi connectivity index (χ3n) is 2.16. The molecule has 0 saturated carbocycles. The van der Waals surface area contributed by atoms with E-state index in [1.54, 1.807) is 0 Å². The second-order valence-corrected chi connectivity index (χ2v) is 5.00. The highest BCUT2D eigenvalue weighted by molar-refractivity contribution is 7.15. The summed E-state index contributed by atoms with van der Waals surface area (Å²) in [7, 11) is 0. The maximum absolute atomic E-state index is 5.54. The molecule has 1 aliphatic heterocycles. The van der Waals surface area contributed by atoms with Crippen LogP contribution in [0.1, 0.15) is 25.3 Å². The molecule has 0 aromatic carbocycles. The van der Waals surface area contributed by atoms with Gasteiger partial charge in [0.2, 0.25) is 5.13 Å². The summed E-state index contributed by atoms with van der Waals surface area (Å²) in [5, 5.41) is 9.41. The highest BCUT2D eigenvalue weighted by Crippen LogP contribution is 2.34. The lowest BCUT2D eigenvalue weighted by Gasteiger charge is -2.19. The van der Waals surface area contributed by atoms with Crippen molar-refractivity contribution in [2.75, 3.05) is 12.3 Å². The van der Waals surface area contributed by atoms with Crippen molar-refractivity contribution in [1.82, 2.24) is 10.2 Å². The molecule has 2 heterocycles. The molecule has 13 heavy (non-hydrogen) atoms. The molecule has 2 N–H and O–H groups in total. The summed E-state index contributed by atoms with van der Waals surface area (Å²) < 4.78 is 5.20. The molecule has 72 valence electrons. The van der Waals surface area contributed by atoms with E-state index in [4.69, 9.17) is 10.5 Å². The summed E-state index contributed by atoms with van der Waals surface area (Å²) in [6, 6.07) is 0. The lowest BCUT2D eigenvalue weighted by Crippen LogP contribution is -2.19. The van der Waals surface area contributed by atoms with Crippen LogP contribution >= 0.6 is 11.3 Å². The standard InChI is InChI=1S/C8H13N3OS/c1-8(2,3-5-4-12-5)6-10-11-7(9)13-6/h5H,3-4H2,1-2H3,(H2,9,11). The van der Waals surface area contributed by atoms with Gasteiger partial charge in [0.15, 0.2) is 0 Å². The number of anilines is 1. The minimum absolute atomic E-state index is 0.0381. The molecule has 0 amide bonds. The Bertz CT molecular complexity index is 306. The summed E-state index contributed by atoms with van der Waals surface area (Å²) in [6.45, 7) is 5.18. The van der Waals surface area contributed by atoms with Crippen molar-refractivity contribution in [3.8, 4) is 0 Å². The number of ether oxygens (including phenoxy) is 1. The quantitative estimate of drug-likeness (QED) is 0.743. The fourth-order valence-electron chi connectivity index (χ4n) is 1.35. The summed E-state index contributed by atoms with van der Waals surface area (Å²) in [6.07, 6.45) is 1.42. The molecule has 1 saturated heterocycles. The van der Waals surface area contributed by atoms with Crippen molar-refractivity contribution < 1.29 is 4.74 Å². The number of hydrogen-bond acceptors (Lipinski definition) is 5. The van der Waals surface area contributed by atoms with E-state index in [9.17, 15) is 0 Å². The first-order valence-corrected chi connectivity index (χ1v) is 5.11. The maximum atomic E-state index is 5.54. The van der Waals surface area contributed by atoms with Gasteiger partial charge in [-0.25, -0.2) is 0 Å². The summed E-state index contributed by atoms with van der Waals surface area (Å²) >= 11 is 1.46. The number of nitrogens with two attached hydrogens (primary N) is 1. The van der Waals surface area contributed by atoms with Gasteiger partial charge >= 0.3 is 0 Å². The largest absolute Gasteiger partial charge is 0.374 e. The second-order valence-electron chi connectivity index (χ2n) is 3.99. The minimum Gasteiger partial charge on any atom is -0.374 e. The Morgan fingerprint density at radius 1 is 1.62 bits per heavy atom.